The number of nitrogens with one attached hydrogen (secondary N) is 1. The fraction of sp³-hybridized carbons (Fsp3) is 0.308. The van der Waals surface area contributed by atoms with Gasteiger partial charge in [0, 0.05) is 13.1 Å². The average Bonchev–Trinajstić information content (AvgIpc) is 2.84. The molecule has 3 rings (SSSR count). The predicted octanol–water partition coefficient (Wildman–Crippen LogP) is 1.08. The molecular formula is C13H13N3O3S. The first-order valence-corrected chi connectivity index (χ1v) is 7.08. The number of carbonyl (C=O) groups excluding carboxylic acids is 1. The number of thiazole rings is 1. The summed E-state index contributed by atoms with van der Waals surface area (Å²) >= 11 is 1.48. The van der Waals surface area contributed by atoms with Crippen LogP contribution >= 0.6 is 11.3 Å². The maximum Gasteiger partial charge on any atom is 0.305 e. The molecule has 1 aromatic carbocycles. The second-order valence-corrected chi connectivity index (χ2v) is 5.57. The average molecular weight is 291 g/mol. The SMILES string of the molecule is O=C(O)CC1C(=O)NCCN1c1nc2ccccc2s1. The number of fused-ring (bicyclic) bond motifs is 1. The van der Waals surface area contributed by atoms with Gasteiger partial charge in [-0.2, -0.15) is 0 Å². The summed E-state index contributed by atoms with van der Waals surface area (Å²) in [4.78, 5) is 29.1. The zero-order valence-corrected chi connectivity index (χ0v) is 11.4. The maximum absolute atomic E-state index is 11.9. The molecule has 1 aromatic heterocycles. The van der Waals surface area contributed by atoms with Gasteiger partial charge in [0.1, 0.15) is 6.04 Å². The highest BCUT2D eigenvalue weighted by Crippen LogP contribution is 2.30. The fourth-order valence-corrected chi connectivity index (χ4v) is 3.34. The van der Waals surface area contributed by atoms with E-state index < -0.39 is 12.0 Å². The number of amides is 1. The van der Waals surface area contributed by atoms with Gasteiger partial charge in [-0.3, -0.25) is 9.59 Å². The van der Waals surface area contributed by atoms with Gasteiger partial charge in [-0.1, -0.05) is 23.5 Å². The van der Waals surface area contributed by atoms with Crippen LogP contribution in [0.5, 0.6) is 0 Å². The van der Waals surface area contributed by atoms with Gasteiger partial charge in [0.05, 0.1) is 16.6 Å². The van der Waals surface area contributed by atoms with Crippen LogP contribution in [0.1, 0.15) is 6.42 Å². The number of rotatable bonds is 3. The predicted molar refractivity (Wildman–Crippen MR) is 76.0 cm³/mol. The molecule has 1 fully saturated rings. The first-order chi connectivity index (χ1) is 9.65. The molecule has 2 aromatic rings. The van der Waals surface area contributed by atoms with Crippen molar-refractivity contribution in [3.8, 4) is 0 Å². The Kier molecular flexibility index (Phi) is 3.27. The number of aromatic nitrogens is 1. The summed E-state index contributed by atoms with van der Waals surface area (Å²) < 4.78 is 1.03. The van der Waals surface area contributed by atoms with Gasteiger partial charge in [0.15, 0.2) is 5.13 Å². The van der Waals surface area contributed by atoms with E-state index in [-0.39, 0.29) is 12.3 Å². The van der Waals surface area contributed by atoms with E-state index >= 15 is 0 Å². The van der Waals surface area contributed by atoms with Crippen LogP contribution in [0.3, 0.4) is 0 Å². The minimum absolute atomic E-state index is 0.220. The molecule has 1 aliphatic rings. The summed E-state index contributed by atoms with van der Waals surface area (Å²) in [5.41, 5.74) is 0.868. The van der Waals surface area contributed by atoms with Crippen molar-refractivity contribution in [2.75, 3.05) is 18.0 Å². The number of aliphatic carboxylic acids is 1. The number of hydrogen-bond donors (Lipinski definition) is 2. The van der Waals surface area contributed by atoms with Crippen LogP contribution in [0.4, 0.5) is 5.13 Å². The van der Waals surface area contributed by atoms with E-state index in [0.29, 0.717) is 18.2 Å². The van der Waals surface area contributed by atoms with Crippen LogP contribution in [-0.4, -0.2) is 41.1 Å². The van der Waals surface area contributed by atoms with Crippen molar-refractivity contribution >= 4 is 38.6 Å². The molecule has 0 saturated carbocycles. The molecule has 1 unspecified atom stereocenters. The Balaban J connectivity index is 1.96. The second-order valence-electron chi connectivity index (χ2n) is 4.56. The molecule has 2 N–H and O–H groups in total. The Morgan fingerprint density at radius 1 is 1.50 bits per heavy atom. The molecular weight excluding hydrogens is 278 g/mol. The van der Waals surface area contributed by atoms with Crippen LogP contribution in [-0.2, 0) is 9.59 Å². The third-order valence-electron chi connectivity index (χ3n) is 3.23. The van der Waals surface area contributed by atoms with Crippen molar-refractivity contribution in [3.05, 3.63) is 24.3 Å². The van der Waals surface area contributed by atoms with E-state index in [9.17, 15) is 9.59 Å². The highest BCUT2D eigenvalue weighted by molar-refractivity contribution is 7.22. The molecule has 1 amide bonds. The van der Waals surface area contributed by atoms with Crippen molar-refractivity contribution in [1.29, 1.82) is 0 Å². The molecule has 1 atom stereocenters. The van der Waals surface area contributed by atoms with Gasteiger partial charge in [0.2, 0.25) is 5.91 Å². The standard InChI is InChI=1S/C13H13N3O3S/c17-11(18)7-9-12(19)14-5-6-16(9)13-15-8-3-1-2-4-10(8)20-13/h1-4,9H,5-7H2,(H,14,19)(H,17,18). The number of hydrogen-bond acceptors (Lipinski definition) is 5. The van der Waals surface area contributed by atoms with Crippen molar-refractivity contribution in [2.45, 2.75) is 12.5 Å². The second kappa shape index (κ2) is 5.09. The molecule has 104 valence electrons. The quantitative estimate of drug-likeness (QED) is 0.884. The van der Waals surface area contributed by atoms with Crippen LogP contribution in [0, 0.1) is 0 Å². The number of carbonyl (C=O) groups is 2. The Bertz CT molecular complexity index is 637. The summed E-state index contributed by atoms with van der Waals surface area (Å²) in [7, 11) is 0. The first-order valence-electron chi connectivity index (χ1n) is 6.27. The third kappa shape index (κ3) is 2.32. The Morgan fingerprint density at radius 3 is 3.05 bits per heavy atom. The first kappa shape index (κ1) is 12.9. The number of carboxylic acids is 1. The molecule has 7 heteroatoms. The summed E-state index contributed by atoms with van der Waals surface area (Å²) in [6, 6.07) is 7.02. The highest BCUT2D eigenvalue weighted by Gasteiger charge is 2.33. The van der Waals surface area contributed by atoms with E-state index in [4.69, 9.17) is 5.11 Å². The molecule has 0 aliphatic carbocycles. The summed E-state index contributed by atoms with van der Waals surface area (Å²) in [5.74, 6) is -1.24. The summed E-state index contributed by atoms with van der Waals surface area (Å²) in [6.45, 7) is 1.08. The van der Waals surface area contributed by atoms with Gasteiger partial charge in [-0.15, -0.1) is 0 Å². The van der Waals surface area contributed by atoms with Crippen molar-refractivity contribution in [3.63, 3.8) is 0 Å². The van der Waals surface area contributed by atoms with Crippen LogP contribution in [0.25, 0.3) is 10.2 Å². The molecule has 2 heterocycles. The molecule has 0 radical (unpaired) electrons. The number of nitrogens with zero attached hydrogens (tertiary/aromatic N) is 2. The van der Waals surface area contributed by atoms with Crippen LogP contribution < -0.4 is 10.2 Å². The lowest BCUT2D eigenvalue weighted by molar-refractivity contribution is -0.139. The van der Waals surface area contributed by atoms with Crippen molar-refractivity contribution in [2.24, 2.45) is 0 Å². The number of benzene rings is 1. The lowest BCUT2D eigenvalue weighted by atomic mass is 10.1. The van der Waals surface area contributed by atoms with E-state index in [2.05, 4.69) is 10.3 Å². The van der Waals surface area contributed by atoms with E-state index in [1.807, 2.05) is 24.3 Å². The van der Waals surface area contributed by atoms with E-state index in [1.54, 1.807) is 4.90 Å². The van der Waals surface area contributed by atoms with E-state index in [0.717, 1.165) is 10.2 Å². The largest absolute Gasteiger partial charge is 0.481 e. The lowest BCUT2D eigenvalue weighted by Crippen LogP contribution is -2.56. The topological polar surface area (TPSA) is 82.5 Å². The molecule has 20 heavy (non-hydrogen) atoms. The van der Waals surface area contributed by atoms with Crippen molar-refractivity contribution in [1.82, 2.24) is 10.3 Å². The summed E-state index contributed by atoms with van der Waals surface area (Å²) in [6.07, 6.45) is -0.220. The molecule has 1 aliphatic heterocycles. The Labute approximate surface area is 119 Å². The molecule has 1 saturated heterocycles. The number of para-hydroxylation sites is 1. The van der Waals surface area contributed by atoms with Crippen molar-refractivity contribution < 1.29 is 14.7 Å². The Morgan fingerprint density at radius 2 is 2.30 bits per heavy atom. The smallest absolute Gasteiger partial charge is 0.305 e. The highest BCUT2D eigenvalue weighted by atomic mass is 32.1. The molecule has 0 bridgehead atoms. The van der Waals surface area contributed by atoms with Gasteiger partial charge >= 0.3 is 5.97 Å². The third-order valence-corrected chi connectivity index (χ3v) is 4.30. The fourth-order valence-electron chi connectivity index (χ4n) is 2.29. The zero-order valence-electron chi connectivity index (χ0n) is 10.6. The van der Waals surface area contributed by atoms with Gasteiger partial charge in [-0.25, -0.2) is 4.98 Å². The van der Waals surface area contributed by atoms with Gasteiger partial charge in [0.25, 0.3) is 0 Å². The molecule has 0 spiro atoms. The number of carboxylic acid groups (broad SMARTS) is 1. The summed E-state index contributed by atoms with van der Waals surface area (Å²) in [5, 5.41) is 12.4. The number of piperazine rings is 1. The number of anilines is 1. The Hall–Kier alpha value is -2.15. The molecule has 6 nitrogen and oxygen atoms in total. The van der Waals surface area contributed by atoms with Gasteiger partial charge in [-0.05, 0) is 12.1 Å². The maximum atomic E-state index is 11.9. The minimum atomic E-state index is -0.988. The van der Waals surface area contributed by atoms with Crippen LogP contribution in [0.2, 0.25) is 0 Å². The zero-order chi connectivity index (χ0) is 14.1. The minimum Gasteiger partial charge on any atom is -0.481 e. The van der Waals surface area contributed by atoms with Crippen LogP contribution in [0.15, 0.2) is 24.3 Å². The lowest BCUT2D eigenvalue weighted by Gasteiger charge is -2.33. The van der Waals surface area contributed by atoms with E-state index in [1.165, 1.54) is 11.3 Å². The normalized spacial score (nSPS) is 19.1. The van der Waals surface area contributed by atoms with Gasteiger partial charge < -0.3 is 15.3 Å². The monoisotopic (exact) mass is 291 g/mol.